The number of benzene rings is 2. The first-order valence-corrected chi connectivity index (χ1v) is 8.18. The van der Waals surface area contributed by atoms with Gasteiger partial charge in [-0.2, -0.15) is 0 Å². The van der Waals surface area contributed by atoms with Crippen LogP contribution in [0.5, 0.6) is 0 Å². The Bertz CT molecular complexity index is 1160. The van der Waals surface area contributed by atoms with Crippen LogP contribution in [-0.4, -0.2) is 26.5 Å². The highest BCUT2D eigenvalue weighted by atomic mass is 16.3. The molecular weight excluding hydrogens is 314 g/mol. The van der Waals surface area contributed by atoms with E-state index in [1.807, 2.05) is 48.5 Å². The fourth-order valence-electron chi connectivity index (χ4n) is 3.07. The monoisotopic (exact) mass is 329 g/mol. The first-order valence-electron chi connectivity index (χ1n) is 8.18. The van der Waals surface area contributed by atoms with Crippen LogP contribution >= 0.6 is 0 Å². The molecule has 3 heterocycles. The van der Waals surface area contributed by atoms with Gasteiger partial charge in [0.1, 0.15) is 23.3 Å². The molecule has 5 rings (SSSR count). The van der Waals surface area contributed by atoms with Crippen molar-refractivity contribution in [2.24, 2.45) is 0 Å². The van der Waals surface area contributed by atoms with E-state index in [0.717, 1.165) is 39.8 Å². The molecule has 0 unspecified atom stereocenters. The van der Waals surface area contributed by atoms with Crippen molar-refractivity contribution in [2.45, 2.75) is 6.42 Å². The molecule has 0 fully saturated rings. The second kappa shape index (κ2) is 5.59. The Labute approximate surface area is 142 Å². The van der Waals surface area contributed by atoms with E-state index in [0.29, 0.717) is 17.9 Å². The van der Waals surface area contributed by atoms with Gasteiger partial charge in [0.15, 0.2) is 11.4 Å². The normalized spacial score (nSPS) is 11.5. The van der Waals surface area contributed by atoms with E-state index in [4.69, 9.17) is 4.42 Å². The SMILES string of the molecule is c1ccc2[nH]c(CCNc3ncnc4c3oc3ccccc34)nc2c1. The summed E-state index contributed by atoms with van der Waals surface area (Å²) in [5.74, 6) is 1.65. The maximum absolute atomic E-state index is 5.92. The Morgan fingerprint density at radius 1 is 1.00 bits per heavy atom. The van der Waals surface area contributed by atoms with E-state index in [-0.39, 0.29) is 0 Å². The summed E-state index contributed by atoms with van der Waals surface area (Å²) in [6, 6.07) is 15.9. The average Bonchev–Trinajstić information content (AvgIpc) is 3.23. The van der Waals surface area contributed by atoms with E-state index in [2.05, 4.69) is 25.3 Å². The molecule has 6 nitrogen and oxygen atoms in total. The van der Waals surface area contributed by atoms with Gasteiger partial charge in [-0.25, -0.2) is 15.0 Å². The van der Waals surface area contributed by atoms with Crippen molar-refractivity contribution < 1.29 is 4.42 Å². The van der Waals surface area contributed by atoms with Gasteiger partial charge < -0.3 is 14.7 Å². The van der Waals surface area contributed by atoms with Crippen LogP contribution < -0.4 is 5.32 Å². The lowest BCUT2D eigenvalue weighted by Crippen LogP contribution is -2.07. The molecule has 0 saturated carbocycles. The van der Waals surface area contributed by atoms with E-state index >= 15 is 0 Å². The van der Waals surface area contributed by atoms with Crippen molar-refractivity contribution in [3.63, 3.8) is 0 Å². The predicted octanol–water partition coefficient (Wildman–Crippen LogP) is 3.91. The van der Waals surface area contributed by atoms with Gasteiger partial charge in [-0.1, -0.05) is 24.3 Å². The number of hydrogen-bond donors (Lipinski definition) is 2. The van der Waals surface area contributed by atoms with Crippen LogP contribution in [0.25, 0.3) is 33.1 Å². The molecule has 5 aromatic rings. The Morgan fingerprint density at radius 2 is 1.88 bits per heavy atom. The molecule has 2 aromatic carbocycles. The number of fused-ring (bicyclic) bond motifs is 4. The van der Waals surface area contributed by atoms with Crippen LogP contribution in [0.3, 0.4) is 0 Å². The molecule has 0 aliphatic heterocycles. The molecule has 25 heavy (non-hydrogen) atoms. The molecule has 0 spiro atoms. The minimum Gasteiger partial charge on any atom is -0.450 e. The Morgan fingerprint density at radius 3 is 2.84 bits per heavy atom. The molecule has 122 valence electrons. The lowest BCUT2D eigenvalue weighted by molar-refractivity contribution is 0.666. The quantitative estimate of drug-likeness (QED) is 0.522. The van der Waals surface area contributed by atoms with Gasteiger partial charge in [0.2, 0.25) is 0 Å². The summed E-state index contributed by atoms with van der Waals surface area (Å²) in [5.41, 5.74) is 4.38. The third kappa shape index (κ3) is 2.39. The van der Waals surface area contributed by atoms with Crippen molar-refractivity contribution in [2.75, 3.05) is 11.9 Å². The van der Waals surface area contributed by atoms with Crippen molar-refractivity contribution in [3.8, 4) is 0 Å². The van der Waals surface area contributed by atoms with Crippen LogP contribution in [0, 0.1) is 0 Å². The van der Waals surface area contributed by atoms with E-state index in [9.17, 15) is 0 Å². The first-order chi connectivity index (χ1) is 12.4. The number of aromatic amines is 1. The number of nitrogens with one attached hydrogen (secondary N) is 2. The van der Waals surface area contributed by atoms with Crippen LogP contribution in [0.1, 0.15) is 5.82 Å². The van der Waals surface area contributed by atoms with Gasteiger partial charge in [0.05, 0.1) is 11.0 Å². The summed E-state index contributed by atoms with van der Waals surface area (Å²) in [5, 5.41) is 4.34. The predicted molar refractivity (Wildman–Crippen MR) is 97.6 cm³/mol. The minimum atomic E-state index is 0.688. The zero-order chi connectivity index (χ0) is 16.6. The van der Waals surface area contributed by atoms with Crippen molar-refractivity contribution in [3.05, 3.63) is 60.7 Å². The molecule has 0 radical (unpaired) electrons. The minimum absolute atomic E-state index is 0.688. The van der Waals surface area contributed by atoms with Crippen LogP contribution in [-0.2, 0) is 6.42 Å². The molecule has 2 N–H and O–H groups in total. The zero-order valence-electron chi connectivity index (χ0n) is 13.4. The third-order valence-electron chi connectivity index (χ3n) is 4.25. The second-order valence-electron chi connectivity index (χ2n) is 5.88. The molecule has 0 atom stereocenters. The highest BCUT2D eigenvalue weighted by Crippen LogP contribution is 2.30. The van der Waals surface area contributed by atoms with Crippen LogP contribution in [0.15, 0.2) is 59.3 Å². The highest BCUT2D eigenvalue weighted by molar-refractivity contribution is 6.05. The van der Waals surface area contributed by atoms with Gasteiger partial charge in [0, 0.05) is 18.4 Å². The summed E-state index contributed by atoms with van der Waals surface area (Å²) in [4.78, 5) is 16.6. The molecular formula is C19H15N5O. The summed E-state index contributed by atoms with van der Waals surface area (Å²) >= 11 is 0. The number of H-pyrrole nitrogens is 1. The molecule has 0 bridgehead atoms. The molecule has 0 amide bonds. The fraction of sp³-hybridized carbons (Fsp3) is 0.105. The summed E-state index contributed by atoms with van der Waals surface area (Å²) < 4.78 is 5.92. The second-order valence-corrected chi connectivity index (χ2v) is 5.88. The Hall–Kier alpha value is -3.41. The smallest absolute Gasteiger partial charge is 0.196 e. The molecule has 0 aliphatic carbocycles. The molecule has 3 aromatic heterocycles. The average molecular weight is 329 g/mol. The number of aromatic nitrogens is 4. The van der Waals surface area contributed by atoms with Gasteiger partial charge in [-0.05, 0) is 24.3 Å². The first kappa shape index (κ1) is 14.0. The van der Waals surface area contributed by atoms with E-state index in [1.165, 1.54) is 0 Å². The molecule has 0 aliphatic rings. The van der Waals surface area contributed by atoms with E-state index < -0.39 is 0 Å². The van der Waals surface area contributed by atoms with Crippen molar-refractivity contribution >= 4 is 38.9 Å². The Kier molecular flexibility index (Phi) is 3.13. The summed E-state index contributed by atoms with van der Waals surface area (Å²) in [7, 11) is 0. The summed E-state index contributed by atoms with van der Waals surface area (Å²) in [6.45, 7) is 0.697. The molecule has 0 saturated heterocycles. The lowest BCUT2D eigenvalue weighted by atomic mass is 10.2. The number of furan rings is 1. The standard InChI is InChI=1S/C19H15N5O/c1-4-8-15-12(5-1)17-18(25-15)19(22-11-21-17)20-10-9-16-23-13-6-2-3-7-14(13)24-16/h1-8,11H,9-10H2,(H,23,24)(H,20,21,22). The fourth-order valence-corrected chi connectivity index (χ4v) is 3.07. The van der Waals surface area contributed by atoms with Gasteiger partial charge in [-0.3, -0.25) is 0 Å². The van der Waals surface area contributed by atoms with Crippen molar-refractivity contribution in [1.82, 2.24) is 19.9 Å². The molecule has 6 heteroatoms. The van der Waals surface area contributed by atoms with Gasteiger partial charge >= 0.3 is 0 Å². The zero-order valence-corrected chi connectivity index (χ0v) is 13.4. The number of anilines is 1. The topological polar surface area (TPSA) is 79.6 Å². The van der Waals surface area contributed by atoms with Crippen LogP contribution in [0.2, 0.25) is 0 Å². The Balaban J connectivity index is 1.40. The lowest BCUT2D eigenvalue weighted by Gasteiger charge is -2.03. The number of hydrogen-bond acceptors (Lipinski definition) is 5. The highest BCUT2D eigenvalue weighted by Gasteiger charge is 2.12. The summed E-state index contributed by atoms with van der Waals surface area (Å²) in [6.07, 6.45) is 2.33. The number of rotatable bonds is 4. The number of nitrogens with zero attached hydrogens (tertiary/aromatic N) is 3. The van der Waals surface area contributed by atoms with Gasteiger partial charge in [0.25, 0.3) is 0 Å². The van der Waals surface area contributed by atoms with Crippen molar-refractivity contribution in [1.29, 1.82) is 0 Å². The largest absolute Gasteiger partial charge is 0.450 e. The third-order valence-corrected chi connectivity index (χ3v) is 4.25. The van der Waals surface area contributed by atoms with E-state index in [1.54, 1.807) is 6.33 Å². The maximum atomic E-state index is 5.92. The maximum Gasteiger partial charge on any atom is 0.196 e. The van der Waals surface area contributed by atoms with Crippen LogP contribution in [0.4, 0.5) is 5.82 Å². The number of imidazole rings is 1. The number of para-hydroxylation sites is 3. The van der Waals surface area contributed by atoms with Gasteiger partial charge in [-0.15, -0.1) is 0 Å².